The Bertz CT molecular complexity index is 744. The minimum atomic E-state index is -0.857. The van der Waals surface area contributed by atoms with Gasteiger partial charge in [-0.1, -0.05) is 25.1 Å². The first-order valence-electron chi connectivity index (χ1n) is 8.00. The third-order valence-electron chi connectivity index (χ3n) is 3.93. The second-order valence-electron chi connectivity index (χ2n) is 5.87. The molecule has 2 rings (SSSR count). The highest BCUT2D eigenvalue weighted by atomic mass is 32.1. The highest BCUT2D eigenvalue weighted by Gasteiger charge is 2.21. The zero-order chi connectivity index (χ0) is 17.9. The van der Waals surface area contributed by atoms with Gasteiger partial charge in [-0.05, 0) is 56.9 Å². The Morgan fingerprint density at radius 3 is 2.33 bits per heavy atom. The van der Waals surface area contributed by atoms with Crippen molar-refractivity contribution in [2.75, 3.05) is 5.32 Å². The van der Waals surface area contributed by atoms with Gasteiger partial charge in [0.05, 0.1) is 0 Å². The van der Waals surface area contributed by atoms with Gasteiger partial charge in [0.1, 0.15) is 4.88 Å². The SMILES string of the molecule is CCc1sc(C(=O)O[C@H](C)C(=O)Nc2c(C)cccc2C)cc1C. The molecule has 2 aromatic rings. The summed E-state index contributed by atoms with van der Waals surface area (Å²) in [6.07, 6.45) is 0.0239. The molecule has 1 aromatic heterocycles. The van der Waals surface area contributed by atoms with Crippen molar-refractivity contribution in [1.82, 2.24) is 0 Å². The molecule has 1 aromatic carbocycles. The van der Waals surface area contributed by atoms with E-state index in [1.807, 2.05) is 45.0 Å². The van der Waals surface area contributed by atoms with Gasteiger partial charge in [0.25, 0.3) is 5.91 Å². The number of benzene rings is 1. The van der Waals surface area contributed by atoms with Crippen molar-refractivity contribution < 1.29 is 14.3 Å². The fourth-order valence-corrected chi connectivity index (χ4v) is 3.48. The highest BCUT2D eigenvalue weighted by molar-refractivity contribution is 7.14. The van der Waals surface area contributed by atoms with E-state index < -0.39 is 12.1 Å². The minimum absolute atomic E-state index is 0.329. The molecule has 1 N–H and O–H groups in total. The summed E-state index contributed by atoms with van der Waals surface area (Å²) >= 11 is 1.42. The van der Waals surface area contributed by atoms with Crippen molar-refractivity contribution in [2.45, 2.75) is 47.1 Å². The Balaban J connectivity index is 2.04. The lowest BCUT2D eigenvalue weighted by atomic mass is 10.1. The Morgan fingerprint density at radius 1 is 1.17 bits per heavy atom. The molecule has 1 atom stereocenters. The number of esters is 1. The predicted molar refractivity (Wildman–Crippen MR) is 97.9 cm³/mol. The fourth-order valence-electron chi connectivity index (χ4n) is 2.48. The molecule has 0 aliphatic heterocycles. The van der Waals surface area contributed by atoms with E-state index in [2.05, 4.69) is 12.2 Å². The molecule has 0 bridgehead atoms. The van der Waals surface area contributed by atoms with Crippen LogP contribution < -0.4 is 5.32 Å². The van der Waals surface area contributed by atoms with Crippen LogP contribution in [0.3, 0.4) is 0 Å². The van der Waals surface area contributed by atoms with Gasteiger partial charge in [-0.25, -0.2) is 4.79 Å². The van der Waals surface area contributed by atoms with Crippen LogP contribution >= 0.6 is 11.3 Å². The van der Waals surface area contributed by atoms with Gasteiger partial charge in [0.2, 0.25) is 0 Å². The second kappa shape index (κ2) is 7.62. The van der Waals surface area contributed by atoms with Crippen molar-refractivity contribution in [1.29, 1.82) is 0 Å². The molecule has 0 unspecified atom stereocenters. The summed E-state index contributed by atoms with van der Waals surface area (Å²) in [7, 11) is 0. The van der Waals surface area contributed by atoms with Crippen LogP contribution in [0.1, 0.15) is 45.1 Å². The van der Waals surface area contributed by atoms with E-state index in [-0.39, 0.29) is 5.91 Å². The maximum atomic E-state index is 12.3. The molecule has 0 aliphatic rings. The summed E-state index contributed by atoms with van der Waals surface area (Å²) in [5, 5.41) is 2.85. The molecular formula is C19H23NO3S. The van der Waals surface area contributed by atoms with Crippen molar-refractivity contribution >= 4 is 28.9 Å². The predicted octanol–water partition coefficient (Wildman–Crippen LogP) is 4.42. The number of rotatable bonds is 5. The molecular weight excluding hydrogens is 322 g/mol. The summed E-state index contributed by atoms with van der Waals surface area (Å²) < 4.78 is 5.32. The van der Waals surface area contributed by atoms with E-state index in [1.165, 1.54) is 11.3 Å². The maximum absolute atomic E-state index is 12.3. The maximum Gasteiger partial charge on any atom is 0.349 e. The van der Waals surface area contributed by atoms with Gasteiger partial charge in [-0.2, -0.15) is 0 Å². The average Bonchev–Trinajstić information content (AvgIpc) is 2.92. The van der Waals surface area contributed by atoms with Crippen LogP contribution in [0, 0.1) is 20.8 Å². The number of carbonyl (C=O) groups excluding carboxylic acids is 2. The van der Waals surface area contributed by atoms with Crippen molar-refractivity contribution in [3.63, 3.8) is 0 Å². The number of aryl methyl sites for hydroxylation is 4. The van der Waals surface area contributed by atoms with Crippen LogP contribution in [0.2, 0.25) is 0 Å². The zero-order valence-corrected chi connectivity index (χ0v) is 15.5. The number of anilines is 1. The number of thiophene rings is 1. The third-order valence-corrected chi connectivity index (χ3v) is 5.29. The highest BCUT2D eigenvalue weighted by Crippen LogP contribution is 2.24. The number of carbonyl (C=O) groups is 2. The number of para-hydroxylation sites is 1. The zero-order valence-electron chi connectivity index (χ0n) is 14.7. The van der Waals surface area contributed by atoms with Gasteiger partial charge in [0, 0.05) is 10.6 Å². The van der Waals surface area contributed by atoms with Crippen LogP contribution in [0.4, 0.5) is 5.69 Å². The molecule has 0 aliphatic carbocycles. The standard InChI is InChI=1S/C19H23NO3S/c1-6-15-13(4)10-16(24-15)19(22)23-14(5)18(21)20-17-11(2)8-7-9-12(17)3/h7-10,14H,6H2,1-5H3,(H,20,21)/t14-/m1/s1. The minimum Gasteiger partial charge on any atom is -0.448 e. The van der Waals surface area contributed by atoms with Gasteiger partial charge in [0.15, 0.2) is 6.10 Å². The molecule has 4 nitrogen and oxygen atoms in total. The Hall–Kier alpha value is -2.14. The van der Waals surface area contributed by atoms with E-state index in [9.17, 15) is 9.59 Å². The molecule has 1 amide bonds. The Kier molecular flexibility index (Phi) is 5.78. The topological polar surface area (TPSA) is 55.4 Å². The first-order chi connectivity index (χ1) is 11.3. The number of nitrogens with one attached hydrogen (secondary N) is 1. The number of amides is 1. The monoisotopic (exact) mass is 345 g/mol. The summed E-state index contributed by atoms with van der Waals surface area (Å²) in [5.41, 5.74) is 3.81. The van der Waals surface area contributed by atoms with Gasteiger partial charge in [-0.15, -0.1) is 11.3 Å². The molecule has 0 fully saturated rings. The lowest BCUT2D eigenvalue weighted by molar-refractivity contribution is -0.123. The molecule has 0 spiro atoms. The third kappa shape index (κ3) is 4.03. The van der Waals surface area contributed by atoms with E-state index in [1.54, 1.807) is 6.92 Å². The number of ether oxygens (including phenoxy) is 1. The number of hydrogen-bond donors (Lipinski definition) is 1. The quantitative estimate of drug-likeness (QED) is 0.816. The molecule has 0 saturated heterocycles. The van der Waals surface area contributed by atoms with Crippen LogP contribution in [0.5, 0.6) is 0 Å². The van der Waals surface area contributed by atoms with Gasteiger partial charge < -0.3 is 10.1 Å². The van der Waals surface area contributed by atoms with E-state index >= 15 is 0 Å². The van der Waals surface area contributed by atoms with Crippen LogP contribution in [0.15, 0.2) is 24.3 Å². The molecule has 24 heavy (non-hydrogen) atoms. The smallest absolute Gasteiger partial charge is 0.349 e. The lowest BCUT2D eigenvalue weighted by Gasteiger charge is -2.15. The van der Waals surface area contributed by atoms with Crippen LogP contribution in [-0.2, 0) is 16.0 Å². The molecule has 0 radical (unpaired) electrons. The Labute approximate surface area is 146 Å². The van der Waals surface area contributed by atoms with Crippen LogP contribution in [-0.4, -0.2) is 18.0 Å². The molecule has 0 saturated carbocycles. The summed E-state index contributed by atoms with van der Waals surface area (Å²) in [5.74, 6) is -0.781. The first kappa shape index (κ1) is 18.2. The molecule has 1 heterocycles. The first-order valence-corrected chi connectivity index (χ1v) is 8.82. The van der Waals surface area contributed by atoms with E-state index in [4.69, 9.17) is 4.74 Å². The summed E-state index contributed by atoms with van der Waals surface area (Å²) in [6, 6.07) is 7.62. The fraction of sp³-hybridized carbons (Fsp3) is 0.368. The molecule has 128 valence electrons. The van der Waals surface area contributed by atoms with E-state index in [0.717, 1.165) is 33.7 Å². The van der Waals surface area contributed by atoms with Gasteiger partial charge in [-0.3, -0.25) is 4.79 Å². The van der Waals surface area contributed by atoms with Crippen molar-refractivity contribution in [3.8, 4) is 0 Å². The van der Waals surface area contributed by atoms with Crippen molar-refractivity contribution in [2.24, 2.45) is 0 Å². The van der Waals surface area contributed by atoms with Crippen molar-refractivity contribution in [3.05, 3.63) is 50.7 Å². The lowest BCUT2D eigenvalue weighted by Crippen LogP contribution is -2.30. The van der Waals surface area contributed by atoms with Crippen LogP contribution in [0.25, 0.3) is 0 Å². The second-order valence-corrected chi connectivity index (χ2v) is 7.01. The Morgan fingerprint density at radius 2 is 1.79 bits per heavy atom. The number of hydrogen-bond acceptors (Lipinski definition) is 4. The average molecular weight is 345 g/mol. The normalized spacial score (nSPS) is 11.9. The largest absolute Gasteiger partial charge is 0.448 e. The summed E-state index contributed by atoms with van der Waals surface area (Å²) in [4.78, 5) is 26.3. The van der Waals surface area contributed by atoms with Gasteiger partial charge >= 0.3 is 5.97 Å². The molecule has 5 heteroatoms. The summed E-state index contributed by atoms with van der Waals surface area (Å²) in [6.45, 7) is 9.47. The van der Waals surface area contributed by atoms with E-state index in [0.29, 0.717) is 4.88 Å².